The fourth-order valence-corrected chi connectivity index (χ4v) is 4.55. The maximum atomic E-state index is 11.9. The van der Waals surface area contributed by atoms with Gasteiger partial charge >= 0.3 is 0 Å². The highest BCUT2D eigenvalue weighted by Crippen LogP contribution is 2.41. The zero-order chi connectivity index (χ0) is 28.8. The van der Waals surface area contributed by atoms with Crippen LogP contribution >= 0.6 is 0 Å². The lowest BCUT2D eigenvalue weighted by atomic mass is 9.89. The molecule has 0 spiro atoms. The third-order valence-corrected chi connectivity index (χ3v) is 6.05. The van der Waals surface area contributed by atoms with Crippen LogP contribution in [0, 0.1) is 0 Å². The van der Waals surface area contributed by atoms with Crippen molar-refractivity contribution < 1.29 is 19.2 Å². The molecule has 0 aliphatic carbocycles. The number of amides is 4. The number of nitrogens with one attached hydrogen (secondary N) is 4. The van der Waals surface area contributed by atoms with E-state index < -0.39 is 0 Å². The number of anilines is 4. The van der Waals surface area contributed by atoms with Crippen LogP contribution in [0.3, 0.4) is 0 Å². The molecule has 4 N–H and O–H groups in total. The Morgan fingerprint density at radius 2 is 0.700 bits per heavy atom. The van der Waals surface area contributed by atoms with Crippen molar-refractivity contribution in [2.45, 2.75) is 27.7 Å². The van der Waals surface area contributed by atoms with E-state index in [1.54, 1.807) is 12.1 Å². The smallest absolute Gasteiger partial charge is 0.221 e. The standard InChI is InChI=1S/C32H30N4O4/c1-19(37)33-29-15-13-23(17-31(29)35-21(3)39)25-9-5-7-11-27(25)28-12-8-6-10-26(28)24-14-16-30(34-20(2)38)32(18-24)36-22(4)40/h5-18H,1-4H3,(H,33,37)(H,34,38)(H,35,39)(H,36,40). The monoisotopic (exact) mass is 534 g/mol. The van der Waals surface area contributed by atoms with Crippen molar-refractivity contribution in [1.82, 2.24) is 0 Å². The molecular formula is C32H30N4O4. The molecule has 40 heavy (non-hydrogen) atoms. The number of rotatable bonds is 7. The molecule has 0 atom stereocenters. The van der Waals surface area contributed by atoms with E-state index in [2.05, 4.69) is 21.3 Å². The Labute approximate surface area is 232 Å². The molecule has 4 amide bonds. The van der Waals surface area contributed by atoms with Crippen molar-refractivity contribution in [2.75, 3.05) is 21.3 Å². The Kier molecular flexibility index (Phi) is 8.39. The Balaban J connectivity index is 1.85. The minimum absolute atomic E-state index is 0.239. The topological polar surface area (TPSA) is 116 Å². The van der Waals surface area contributed by atoms with Crippen LogP contribution in [0.15, 0.2) is 84.9 Å². The van der Waals surface area contributed by atoms with Gasteiger partial charge in [-0.05, 0) is 57.6 Å². The van der Waals surface area contributed by atoms with Gasteiger partial charge in [0.25, 0.3) is 0 Å². The molecule has 8 heteroatoms. The first-order valence-electron chi connectivity index (χ1n) is 12.7. The number of carbonyl (C=O) groups is 4. The van der Waals surface area contributed by atoms with Gasteiger partial charge in [0, 0.05) is 27.7 Å². The van der Waals surface area contributed by atoms with Crippen LogP contribution in [-0.2, 0) is 19.2 Å². The summed E-state index contributed by atoms with van der Waals surface area (Å²) in [5.41, 5.74) is 7.46. The lowest BCUT2D eigenvalue weighted by molar-refractivity contribution is -0.115. The largest absolute Gasteiger partial charge is 0.325 e. The van der Waals surface area contributed by atoms with Crippen molar-refractivity contribution in [1.29, 1.82) is 0 Å². The number of carbonyl (C=O) groups excluding carboxylic acids is 4. The molecular weight excluding hydrogens is 504 g/mol. The summed E-state index contributed by atoms with van der Waals surface area (Å²) >= 11 is 0. The third-order valence-electron chi connectivity index (χ3n) is 6.05. The lowest BCUT2D eigenvalue weighted by Gasteiger charge is -2.18. The highest BCUT2D eigenvalue weighted by atomic mass is 16.2. The van der Waals surface area contributed by atoms with Crippen molar-refractivity contribution in [3.63, 3.8) is 0 Å². The van der Waals surface area contributed by atoms with Crippen LogP contribution < -0.4 is 21.3 Å². The molecule has 202 valence electrons. The average molecular weight is 535 g/mol. The van der Waals surface area contributed by atoms with Crippen molar-refractivity contribution in [2.24, 2.45) is 0 Å². The summed E-state index contributed by atoms with van der Waals surface area (Å²) in [6.45, 7) is 5.66. The van der Waals surface area contributed by atoms with E-state index in [-0.39, 0.29) is 23.6 Å². The van der Waals surface area contributed by atoms with E-state index in [0.29, 0.717) is 22.7 Å². The Hall–Kier alpha value is -5.24. The lowest BCUT2D eigenvalue weighted by Crippen LogP contribution is -2.12. The first-order chi connectivity index (χ1) is 19.1. The molecule has 0 aliphatic rings. The summed E-state index contributed by atoms with van der Waals surface area (Å²) in [5.74, 6) is -0.978. The summed E-state index contributed by atoms with van der Waals surface area (Å²) in [4.78, 5) is 47.2. The quantitative estimate of drug-likeness (QED) is 0.216. The minimum Gasteiger partial charge on any atom is -0.325 e. The molecule has 4 aromatic rings. The molecule has 0 aromatic heterocycles. The van der Waals surface area contributed by atoms with Gasteiger partial charge in [0.05, 0.1) is 22.7 Å². The minimum atomic E-state index is -0.250. The SMILES string of the molecule is CC(=O)Nc1ccc(-c2ccccc2-c2ccccc2-c2ccc(NC(C)=O)c(NC(C)=O)c2)cc1NC(C)=O. The third kappa shape index (κ3) is 6.60. The fourth-order valence-electron chi connectivity index (χ4n) is 4.55. The summed E-state index contributed by atoms with van der Waals surface area (Å²) < 4.78 is 0. The Morgan fingerprint density at radius 3 is 1.02 bits per heavy atom. The fraction of sp³-hybridized carbons (Fsp3) is 0.125. The molecule has 0 aliphatic heterocycles. The van der Waals surface area contributed by atoms with Crippen LogP contribution in [0.25, 0.3) is 33.4 Å². The molecule has 0 fully saturated rings. The Morgan fingerprint density at radius 1 is 0.400 bits per heavy atom. The van der Waals surface area contributed by atoms with Crippen LogP contribution in [-0.4, -0.2) is 23.6 Å². The first-order valence-corrected chi connectivity index (χ1v) is 12.7. The highest BCUT2D eigenvalue weighted by molar-refractivity contribution is 6.02. The molecule has 4 aromatic carbocycles. The zero-order valence-corrected chi connectivity index (χ0v) is 22.7. The molecule has 0 heterocycles. The van der Waals surface area contributed by atoms with Crippen LogP contribution in [0.2, 0.25) is 0 Å². The van der Waals surface area contributed by atoms with E-state index >= 15 is 0 Å². The Bertz CT molecular complexity index is 1510. The van der Waals surface area contributed by atoms with Gasteiger partial charge in [-0.25, -0.2) is 0 Å². The van der Waals surface area contributed by atoms with E-state index in [9.17, 15) is 19.2 Å². The second kappa shape index (κ2) is 12.1. The molecule has 4 rings (SSSR count). The first kappa shape index (κ1) is 27.8. The summed E-state index contributed by atoms with van der Waals surface area (Å²) in [6, 6.07) is 26.9. The maximum absolute atomic E-state index is 11.9. The maximum Gasteiger partial charge on any atom is 0.221 e. The van der Waals surface area contributed by atoms with Crippen molar-refractivity contribution in [3.8, 4) is 33.4 Å². The van der Waals surface area contributed by atoms with Crippen molar-refractivity contribution >= 4 is 46.4 Å². The highest BCUT2D eigenvalue weighted by Gasteiger charge is 2.16. The average Bonchev–Trinajstić information content (AvgIpc) is 2.89. The second-order valence-corrected chi connectivity index (χ2v) is 9.34. The summed E-state index contributed by atoms with van der Waals surface area (Å²) in [7, 11) is 0. The van der Waals surface area contributed by atoms with Gasteiger partial charge in [0.15, 0.2) is 0 Å². The molecule has 0 unspecified atom stereocenters. The van der Waals surface area contributed by atoms with Crippen LogP contribution in [0.1, 0.15) is 27.7 Å². The van der Waals surface area contributed by atoms with E-state index in [4.69, 9.17) is 0 Å². The number of hydrogen-bond donors (Lipinski definition) is 4. The van der Waals surface area contributed by atoms with Gasteiger partial charge < -0.3 is 21.3 Å². The van der Waals surface area contributed by atoms with Gasteiger partial charge in [-0.2, -0.15) is 0 Å². The molecule has 8 nitrogen and oxygen atoms in total. The molecule has 0 saturated heterocycles. The van der Waals surface area contributed by atoms with Gasteiger partial charge in [0.2, 0.25) is 23.6 Å². The van der Waals surface area contributed by atoms with Gasteiger partial charge in [-0.15, -0.1) is 0 Å². The summed E-state index contributed by atoms with van der Waals surface area (Å²) in [6.07, 6.45) is 0. The number of hydrogen-bond acceptors (Lipinski definition) is 4. The predicted molar refractivity (Wildman–Crippen MR) is 160 cm³/mol. The van der Waals surface area contributed by atoms with Gasteiger partial charge in [-0.3, -0.25) is 19.2 Å². The predicted octanol–water partition coefficient (Wildman–Crippen LogP) is 6.52. The second-order valence-electron chi connectivity index (χ2n) is 9.34. The van der Waals surface area contributed by atoms with E-state index in [1.807, 2.05) is 72.8 Å². The molecule has 0 saturated carbocycles. The van der Waals surface area contributed by atoms with Gasteiger partial charge in [-0.1, -0.05) is 60.7 Å². The van der Waals surface area contributed by atoms with Crippen LogP contribution in [0.5, 0.6) is 0 Å². The van der Waals surface area contributed by atoms with Crippen LogP contribution in [0.4, 0.5) is 22.7 Å². The molecule has 0 radical (unpaired) electrons. The zero-order valence-electron chi connectivity index (χ0n) is 22.7. The number of benzene rings is 4. The van der Waals surface area contributed by atoms with Gasteiger partial charge in [0.1, 0.15) is 0 Å². The van der Waals surface area contributed by atoms with Crippen molar-refractivity contribution in [3.05, 3.63) is 84.9 Å². The summed E-state index contributed by atoms with van der Waals surface area (Å²) in [5, 5.41) is 11.1. The van der Waals surface area contributed by atoms with E-state index in [0.717, 1.165) is 33.4 Å². The molecule has 0 bridgehead atoms. The normalized spacial score (nSPS) is 10.4. The van der Waals surface area contributed by atoms with E-state index in [1.165, 1.54) is 27.7 Å².